The summed E-state index contributed by atoms with van der Waals surface area (Å²) >= 11 is 0. The molecule has 6 fully saturated rings. The Morgan fingerprint density at radius 3 is 0.772 bits per heavy atom. The maximum absolute atomic E-state index is 12.4. The molecule has 0 radical (unpaired) electrons. The first-order valence-corrected chi connectivity index (χ1v) is 35.0. The van der Waals surface area contributed by atoms with E-state index in [4.69, 9.17) is 29.0 Å². The van der Waals surface area contributed by atoms with Crippen molar-refractivity contribution in [3.05, 3.63) is 264 Å². The summed E-state index contributed by atoms with van der Waals surface area (Å²) in [7, 11) is 0. The predicted octanol–water partition coefficient (Wildman–Crippen LogP) is 14.9. The van der Waals surface area contributed by atoms with Crippen LogP contribution in [0.5, 0.6) is 0 Å². The van der Waals surface area contributed by atoms with Crippen LogP contribution in [-0.4, -0.2) is 102 Å². The van der Waals surface area contributed by atoms with Crippen LogP contribution in [0.2, 0.25) is 0 Å². The molecular weight excluding hydrogens is 1270 g/mol. The molecule has 13 rings (SSSR count). The Labute approximate surface area is 597 Å². The SMILES string of the molecule is C=CC[C@@]1(C)C(=O)ON(Cc2ccccc2)[C@@H]1C.C[C@@H]1[C@@H](C)C(=O)ON1Cc1ccccc1.C[C@@H]1[C@@H](C)C(=O)ON1Cc1ccccc1.C[C@@H]1[C@@H](C)C(=O)ON1Cc1ccccc1.C[C@H]1N(Cc2ccccc2)OC(=O)C1(C)C.C[C@H]1N(Cc2ccccc2)OC(=O)[C@]1(C)Cc1ccccc1. The largest absolute Gasteiger partial charge is 0.367 e. The van der Waals surface area contributed by atoms with Gasteiger partial charge in [0, 0.05) is 0 Å². The number of hydrogen-bond donors (Lipinski definition) is 0. The van der Waals surface area contributed by atoms with E-state index in [-0.39, 0.29) is 89.8 Å². The van der Waals surface area contributed by atoms with Crippen molar-refractivity contribution in [3.63, 3.8) is 0 Å². The van der Waals surface area contributed by atoms with E-state index in [1.54, 1.807) is 36.5 Å². The number of hydroxylamine groups is 12. The van der Waals surface area contributed by atoms with E-state index < -0.39 is 16.2 Å². The molecule has 0 aromatic heterocycles. The third-order valence-electron chi connectivity index (χ3n) is 20.6. The van der Waals surface area contributed by atoms with E-state index in [1.165, 1.54) is 0 Å². The fourth-order valence-corrected chi connectivity index (χ4v) is 12.0. The molecule has 7 aromatic carbocycles. The van der Waals surface area contributed by atoms with Crippen LogP contribution in [0.15, 0.2) is 225 Å². The first kappa shape index (κ1) is 77.6. The molecule has 101 heavy (non-hydrogen) atoms. The summed E-state index contributed by atoms with van der Waals surface area (Å²) in [6.45, 7) is 33.2. The van der Waals surface area contributed by atoms with Crippen LogP contribution in [0.25, 0.3) is 0 Å². The third-order valence-corrected chi connectivity index (χ3v) is 20.6. The highest BCUT2D eigenvalue weighted by molar-refractivity contribution is 5.80. The van der Waals surface area contributed by atoms with Crippen molar-refractivity contribution in [2.24, 2.45) is 34.0 Å². The summed E-state index contributed by atoms with van der Waals surface area (Å²) in [5.41, 5.74) is 6.65. The van der Waals surface area contributed by atoms with Crippen molar-refractivity contribution in [1.29, 1.82) is 0 Å². The van der Waals surface area contributed by atoms with Gasteiger partial charge in [-0.25, -0.2) is 28.8 Å². The predicted molar refractivity (Wildman–Crippen MR) is 388 cm³/mol. The molecule has 0 unspecified atom stereocenters. The average Bonchev–Trinajstić information content (AvgIpc) is 1.64. The van der Waals surface area contributed by atoms with E-state index in [1.807, 2.05) is 283 Å². The number of rotatable bonds is 16. The van der Waals surface area contributed by atoms with Crippen LogP contribution >= 0.6 is 0 Å². The molecular formula is C83H102N6O12. The first-order chi connectivity index (χ1) is 48.2. The second-order valence-electron chi connectivity index (χ2n) is 28.1. The molecule has 7 aromatic rings. The Bertz CT molecular complexity index is 3620. The Balaban J connectivity index is 0.000000155. The second kappa shape index (κ2) is 35.9. The number of carbonyl (C=O) groups excluding carboxylic acids is 6. The lowest BCUT2D eigenvalue weighted by Gasteiger charge is -2.26. The molecule has 0 saturated carbocycles. The van der Waals surface area contributed by atoms with E-state index in [2.05, 4.69) is 25.6 Å². The van der Waals surface area contributed by atoms with Crippen molar-refractivity contribution in [2.45, 2.75) is 178 Å². The minimum absolute atomic E-state index is 0.0282. The van der Waals surface area contributed by atoms with Crippen molar-refractivity contribution >= 4 is 35.8 Å². The smallest absolute Gasteiger partial charge is 0.332 e. The van der Waals surface area contributed by atoms with Gasteiger partial charge in [0.25, 0.3) is 0 Å². The zero-order chi connectivity index (χ0) is 73.0. The number of hydrogen-bond acceptors (Lipinski definition) is 18. The molecule has 6 aliphatic rings. The van der Waals surface area contributed by atoms with Gasteiger partial charge in [-0.05, 0) is 121 Å². The lowest BCUT2D eigenvalue weighted by molar-refractivity contribution is -0.178. The van der Waals surface area contributed by atoms with Crippen LogP contribution in [0.3, 0.4) is 0 Å². The van der Waals surface area contributed by atoms with Gasteiger partial charge in [-0.2, -0.15) is 0 Å². The van der Waals surface area contributed by atoms with Gasteiger partial charge in [-0.3, -0.25) is 0 Å². The Kier molecular flexibility index (Phi) is 27.6. The van der Waals surface area contributed by atoms with Crippen molar-refractivity contribution in [1.82, 2.24) is 30.4 Å². The van der Waals surface area contributed by atoms with Crippen molar-refractivity contribution in [2.75, 3.05) is 0 Å². The standard InChI is InChI=1S/C19H21NO2.C15H19NO2.C13H17NO2.3C12H15NO2/c1-15-19(2,13-16-9-5-3-6-10-16)18(21)22-20(15)14-17-11-7-4-8-12-17;1-4-10-15(3)12(2)16(18-14(15)17)11-13-8-6-5-7-9-13;1-10-13(2,3)12(15)16-14(10)9-11-7-5-4-6-8-11;3*1-9-10(2)13(15-12(9)14)8-11-6-4-3-5-7-11/h3-12,15H,13-14H2,1-2H3;4-9,12H,1,10-11H2,2-3H3;4-8,10H,9H2,1-3H3;3*3-7,9-10H,8H2,1-2H3/t15-,19-;12-,15-;10-;3*9-,10-/m111111/s1. The molecule has 6 saturated heterocycles. The van der Waals surface area contributed by atoms with Gasteiger partial charge in [0.15, 0.2) is 0 Å². The molecule has 18 heteroatoms. The van der Waals surface area contributed by atoms with E-state index in [0.29, 0.717) is 52.1 Å². The van der Waals surface area contributed by atoms with Crippen LogP contribution in [0.4, 0.5) is 0 Å². The average molecular weight is 1380 g/mol. The topological polar surface area (TPSA) is 177 Å². The fourth-order valence-electron chi connectivity index (χ4n) is 12.0. The lowest BCUT2D eigenvalue weighted by atomic mass is 9.78. The maximum atomic E-state index is 12.4. The van der Waals surface area contributed by atoms with Crippen LogP contribution in [0, 0.1) is 34.0 Å². The first-order valence-electron chi connectivity index (χ1n) is 35.0. The maximum Gasteiger partial charge on any atom is 0.332 e. The number of carbonyl (C=O) groups is 6. The van der Waals surface area contributed by atoms with Gasteiger partial charge in [0.1, 0.15) is 0 Å². The van der Waals surface area contributed by atoms with Crippen molar-refractivity contribution in [3.8, 4) is 0 Å². The van der Waals surface area contributed by atoms with E-state index in [0.717, 1.165) is 38.9 Å². The van der Waals surface area contributed by atoms with E-state index in [9.17, 15) is 28.8 Å². The molecule has 18 nitrogen and oxygen atoms in total. The quantitative estimate of drug-likeness (QED) is 0.0834. The van der Waals surface area contributed by atoms with Gasteiger partial charge in [-0.15, -0.1) is 37.0 Å². The second-order valence-corrected chi connectivity index (χ2v) is 28.1. The summed E-state index contributed by atoms with van der Waals surface area (Å²) in [5, 5.41) is 10.6. The molecule has 536 valence electrons. The zero-order valence-corrected chi connectivity index (χ0v) is 60.9. The Morgan fingerprint density at radius 2 is 0.535 bits per heavy atom. The highest BCUT2D eigenvalue weighted by Crippen LogP contribution is 2.41. The molecule has 0 aliphatic carbocycles. The summed E-state index contributed by atoms with van der Waals surface area (Å²) in [4.78, 5) is 102. The zero-order valence-electron chi connectivity index (χ0n) is 60.9. The number of benzene rings is 7. The van der Waals surface area contributed by atoms with Gasteiger partial charge in [0.05, 0.1) is 110 Å². The van der Waals surface area contributed by atoms with Crippen LogP contribution < -0.4 is 0 Å². The van der Waals surface area contributed by atoms with Gasteiger partial charge in [0.2, 0.25) is 0 Å². The molecule has 0 amide bonds. The van der Waals surface area contributed by atoms with Gasteiger partial charge < -0.3 is 29.0 Å². The molecule has 0 N–H and O–H groups in total. The number of allylic oxidation sites excluding steroid dienone is 1. The van der Waals surface area contributed by atoms with Gasteiger partial charge in [-0.1, -0.05) is 239 Å². The van der Waals surface area contributed by atoms with Crippen LogP contribution in [-0.2, 0) is 103 Å². The molecule has 0 spiro atoms. The summed E-state index contributed by atoms with van der Waals surface area (Å²) in [6, 6.07) is 70.9. The molecule has 6 aliphatic heterocycles. The number of nitrogens with zero attached hydrogens (tertiary/aromatic N) is 6. The Morgan fingerprint density at radius 1 is 0.307 bits per heavy atom. The minimum Gasteiger partial charge on any atom is -0.367 e. The monoisotopic (exact) mass is 1370 g/mol. The summed E-state index contributed by atoms with van der Waals surface area (Å²) in [5.74, 6) is -0.923. The fraction of sp³-hybridized carbons (Fsp3) is 0.398. The van der Waals surface area contributed by atoms with Crippen molar-refractivity contribution < 1.29 is 57.8 Å². The Hall–Kier alpha value is -9.14. The highest BCUT2D eigenvalue weighted by Gasteiger charge is 2.52. The lowest BCUT2D eigenvalue weighted by Crippen LogP contribution is -2.38. The van der Waals surface area contributed by atoms with E-state index >= 15 is 0 Å². The summed E-state index contributed by atoms with van der Waals surface area (Å²) in [6.07, 6.45) is 3.11. The molecule has 11 atom stereocenters. The molecule has 6 heterocycles. The highest BCUT2D eigenvalue weighted by atomic mass is 16.7. The van der Waals surface area contributed by atoms with Crippen LogP contribution in [0.1, 0.15) is 135 Å². The third kappa shape index (κ3) is 20.3. The normalized spacial score (nSPS) is 26.2. The van der Waals surface area contributed by atoms with Gasteiger partial charge >= 0.3 is 35.8 Å². The minimum atomic E-state index is -0.518. The molecule has 0 bridgehead atoms. The summed E-state index contributed by atoms with van der Waals surface area (Å²) < 4.78 is 0.